The lowest BCUT2D eigenvalue weighted by molar-refractivity contribution is -0.384. The Bertz CT molecular complexity index is 584. The molecule has 0 saturated carbocycles. The molecule has 0 aliphatic carbocycles. The Hall–Kier alpha value is -2.37. The van der Waals surface area contributed by atoms with Gasteiger partial charge in [0.1, 0.15) is 17.3 Å². The summed E-state index contributed by atoms with van der Waals surface area (Å²) in [5.41, 5.74) is 0.0678. The van der Waals surface area contributed by atoms with Gasteiger partial charge in [-0.25, -0.2) is 4.39 Å². The summed E-state index contributed by atoms with van der Waals surface area (Å²) in [6, 6.07) is 7.03. The van der Waals surface area contributed by atoms with Gasteiger partial charge in [-0.3, -0.25) is 10.1 Å². The number of nitro benzene ring substituents is 1. The summed E-state index contributed by atoms with van der Waals surface area (Å²) in [6.45, 7) is 1.89. The molecule has 0 spiro atoms. The molecule has 1 heterocycles. The number of aryl methyl sites for hydroxylation is 1. The summed E-state index contributed by atoms with van der Waals surface area (Å²) in [5.74, 6) is 0.351. The van der Waals surface area contributed by atoms with Crippen molar-refractivity contribution in [2.45, 2.75) is 25.8 Å². The van der Waals surface area contributed by atoms with E-state index in [0.717, 1.165) is 30.4 Å². The van der Waals surface area contributed by atoms with Gasteiger partial charge in [0.25, 0.3) is 5.69 Å². The molecule has 20 heavy (non-hydrogen) atoms. The van der Waals surface area contributed by atoms with Gasteiger partial charge in [-0.05, 0) is 31.5 Å². The first kappa shape index (κ1) is 14.0. The van der Waals surface area contributed by atoms with Crippen molar-refractivity contribution in [3.63, 3.8) is 0 Å². The molecule has 1 aromatic carbocycles. The van der Waals surface area contributed by atoms with Crippen LogP contribution in [0.1, 0.15) is 19.1 Å². The molecule has 1 unspecified atom stereocenters. The van der Waals surface area contributed by atoms with Crippen LogP contribution in [-0.4, -0.2) is 11.0 Å². The Morgan fingerprint density at radius 2 is 2.25 bits per heavy atom. The van der Waals surface area contributed by atoms with Gasteiger partial charge in [0.2, 0.25) is 0 Å². The predicted molar refractivity (Wildman–Crippen MR) is 73.2 cm³/mol. The number of anilines is 1. The zero-order chi connectivity index (χ0) is 14.5. The Balaban J connectivity index is 2.01. The van der Waals surface area contributed by atoms with Crippen LogP contribution in [0.25, 0.3) is 0 Å². The van der Waals surface area contributed by atoms with Crippen molar-refractivity contribution in [2.75, 3.05) is 5.32 Å². The third-order valence-electron chi connectivity index (χ3n) is 2.96. The molecule has 0 fully saturated rings. The lowest BCUT2D eigenvalue weighted by atomic mass is 10.1. The van der Waals surface area contributed by atoms with E-state index >= 15 is 0 Å². The number of nitro groups is 1. The quantitative estimate of drug-likeness (QED) is 0.645. The number of nitrogens with one attached hydrogen (secondary N) is 1. The molecule has 2 aromatic rings. The lowest BCUT2D eigenvalue weighted by Crippen LogP contribution is -2.17. The van der Waals surface area contributed by atoms with Gasteiger partial charge in [-0.1, -0.05) is 0 Å². The Morgan fingerprint density at radius 1 is 1.45 bits per heavy atom. The second-order valence-electron chi connectivity index (χ2n) is 4.58. The van der Waals surface area contributed by atoms with Crippen molar-refractivity contribution in [2.24, 2.45) is 0 Å². The van der Waals surface area contributed by atoms with Crippen LogP contribution in [0.15, 0.2) is 41.0 Å². The van der Waals surface area contributed by atoms with Gasteiger partial charge in [-0.15, -0.1) is 0 Å². The van der Waals surface area contributed by atoms with Gasteiger partial charge in [0.15, 0.2) is 0 Å². The van der Waals surface area contributed by atoms with E-state index < -0.39 is 10.7 Å². The topological polar surface area (TPSA) is 68.3 Å². The van der Waals surface area contributed by atoms with Crippen LogP contribution < -0.4 is 5.32 Å². The summed E-state index contributed by atoms with van der Waals surface area (Å²) in [7, 11) is 0. The highest BCUT2D eigenvalue weighted by Crippen LogP contribution is 2.26. The summed E-state index contributed by atoms with van der Waals surface area (Å²) >= 11 is 0. The average molecular weight is 278 g/mol. The Morgan fingerprint density at radius 3 is 2.90 bits per heavy atom. The van der Waals surface area contributed by atoms with E-state index in [-0.39, 0.29) is 17.4 Å². The summed E-state index contributed by atoms with van der Waals surface area (Å²) in [5, 5.41) is 13.9. The van der Waals surface area contributed by atoms with Crippen molar-refractivity contribution in [1.29, 1.82) is 0 Å². The van der Waals surface area contributed by atoms with Crippen LogP contribution in [0.3, 0.4) is 0 Å². The minimum absolute atomic E-state index is 0.0411. The number of nitrogens with zero attached hydrogens (tertiary/aromatic N) is 1. The van der Waals surface area contributed by atoms with Gasteiger partial charge in [0, 0.05) is 24.6 Å². The smallest absolute Gasteiger partial charge is 0.292 e. The van der Waals surface area contributed by atoms with E-state index in [0.29, 0.717) is 6.42 Å². The van der Waals surface area contributed by atoms with Gasteiger partial charge >= 0.3 is 0 Å². The standard InChI is InChI=1S/C14H15FN2O3/c1-10(4-6-12-3-2-8-20-12)16-13-9-11(15)5-7-14(13)17(18)19/h2-3,5,7-10,16H,4,6H2,1H3. The molecule has 1 aromatic heterocycles. The normalized spacial score (nSPS) is 12.1. The maximum Gasteiger partial charge on any atom is 0.292 e. The summed E-state index contributed by atoms with van der Waals surface area (Å²) in [4.78, 5) is 10.4. The van der Waals surface area contributed by atoms with E-state index in [2.05, 4.69) is 5.32 Å². The van der Waals surface area contributed by atoms with Crippen LogP contribution >= 0.6 is 0 Å². The van der Waals surface area contributed by atoms with E-state index in [1.165, 1.54) is 0 Å². The molecule has 0 aliphatic heterocycles. The second kappa shape index (κ2) is 6.18. The van der Waals surface area contributed by atoms with Crippen LogP contribution in [0, 0.1) is 15.9 Å². The third-order valence-corrected chi connectivity index (χ3v) is 2.96. The van der Waals surface area contributed by atoms with E-state index in [9.17, 15) is 14.5 Å². The van der Waals surface area contributed by atoms with E-state index in [1.807, 2.05) is 19.1 Å². The SMILES string of the molecule is CC(CCc1ccco1)Nc1cc(F)ccc1[N+](=O)[O-]. The first-order valence-corrected chi connectivity index (χ1v) is 6.29. The summed E-state index contributed by atoms with van der Waals surface area (Å²) in [6.07, 6.45) is 3.04. The largest absolute Gasteiger partial charge is 0.469 e. The maximum absolute atomic E-state index is 13.2. The number of halogens is 1. The Labute approximate surface area is 115 Å². The fraction of sp³-hybridized carbons (Fsp3) is 0.286. The van der Waals surface area contributed by atoms with Crippen LogP contribution in [0.4, 0.5) is 15.8 Å². The van der Waals surface area contributed by atoms with Crippen molar-refractivity contribution in [3.05, 3.63) is 58.3 Å². The zero-order valence-corrected chi connectivity index (χ0v) is 11.0. The first-order valence-electron chi connectivity index (χ1n) is 6.29. The molecule has 0 radical (unpaired) electrons. The highest BCUT2D eigenvalue weighted by atomic mass is 19.1. The molecular formula is C14H15FN2O3. The minimum Gasteiger partial charge on any atom is -0.469 e. The molecule has 0 bridgehead atoms. The van der Waals surface area contributed by atoms with Gasteiger partial charge in [-0.2, -0.15) is 0 Å². The molecule has 5 nitrogen and oxygen atoms in total. The monoisotopic (exact) mass is 278 g/mol. The highest BCUT2D eigenvalue weighted by molar-refractivity contribution is 5.61. The maximum atomic E-state index is 13.2. The van der Waals surface area contributed by atoms with Crippen LogP contribution in [0.2, 0.25) is 0 Å². The molecular weight excluding hydrogens is 263 g/mol. The van der Waals surface area contributed by atoms with E-state index in [4.69, 9.17) is 4.42 Å². The molecule has 0 saturated heterocycles. The third kappa shape index (κ3) is 3.57. The predicted octanol–water partition coefficient (Wildman–Crippen LogP) is 3.76. The van der Waals surface area contributed by atoms with Crippen LogP contribution in [-0.2, 0) is 6.42 Å². The van der Waals surface area contributed by atoms with Gasteiger partial charge < -0.3 is 9.73 Å². The van der Waals surface area contributed by atoms with E-state index in [1.54, 1.807) is 6.26 Å². The average Bonchev–Trinajstić information content (AvgIpc) is 2.89. The highest BCUT2D eigenvalue weighted by Gasteiger charge is 2.16. The van der Waals surface area contributed by atoms with Crippen molar-refractivity contribution in [1.82, 2.24) is 0 Å². The van der Waals surface area contributed by atoms with Gasteiger partial charge in [0.05, 0.1) is 11.2 Å². The number of furan rings is 1. The number of hydrogen-bond donors (Lipinski definition) is 1. The zero-order valence-electron chi connectivity index (χ0n) is 11.0. The molecule has 106 valence electrons. The molecule has 1 atom stereocenters. The van der Waals surface area contributed by atoms with Crippen molar-refractivity contribution in [3.8, 4) is 0 Å². The lowest BCUT2D eigenvalue weighted by Gasteiger charge is -2.14. The molecule has 1 N–H and O–H groups in total. The molecule has 2 rings (SSSR count). The molecule has 6 heteroatoms. The minimum atomic E-state index is -0.527. The molecule has 0 aliphatic rings. The number of benzene rings is 1. The molecule has 0 amide bonds. The van der Waals surface area contributed by atoms with Crippen LogP contribution in [0.5, 0.6) is 0 Å². The number of hydrogen-bond acceptors (Lipinski definition) is 4. The second-order valence-corrected chi connectivity index (χ2v) is 4.58. The number of rotatable bonds is 6. The summed E-state index contributed by atoms with van der Waals surface area (Å²) < 4.78 is 18.4. The fourth-order valence-electron chi connectivity index (χ4n) is 1.93. The fourth-order valence-corrected chi connectivity index (χ4v) is 1.93. The van der Waals surface area contributed by atoms with Crippen molar-refractivity contribution < 1.29 is 13.7 Å². The Kier molecular flexibility index (Phi) is 4.34. The first-order chi connectivity index (χ1) is 9.56. The van der Waals surface area contributed by atoms with Crippen molar-refractivity contribution >= 4 is 11.4 Å².